The number of pyridine rings is 1. The van der Waals surface area contributed by atoms with Gasteiger partial charge in [0.1, 0.15) is 5.65 Å². The van der Waals surface area contributed by atoms with E-state index in [1.54, 1.807) is 6.08 Å². The monoisotopic (exact) mass is 396 g/mol. The summed E-state index contributed by atoms with van der Waals surface area (Å²) < 4.78 is 7.47. The first-order valence-electron chi connectivity index (χ1n) is 10.3. The Kier molecular flexibility index (Phi) is 5.67. The molecule has 2 aromatic rings. The van der Waals surface area contributed by atoms with Gasteiger partial charge in [-0.3, -0.25) is 9.59 Å². The molecular formula is C22H28N4O3. The molecule has 2 N–H and O–H groups in total. The number of carbonyl (C=O) groups is 2. The molecule has 29 heavy (non-hydrogen) atoms. The topological polar surface area (TPSA) is 84.7 Å². The second-order valence-electron chi connectivity index (χ2n) is 8.09. The smallest absolute Gasteiger partial charge is 0.226 e. The summed E-state index contributed by atoms with van der Waals surface area (Å²) in [7, 11) is 0. The summed E-state index contributed by atoms with van der Waals surface area (Å²) in [6.45, 7) is 4.79. The Balaban J connectivity index is 1.35. The van der Waals surface area contributed by atoms with Gasteiger partial charge in [0.25, 0.3) is 0 Å². The molecule has 0 bridgehead atoms. The van der Waals surface area contributed by atoms with Gasteiger partial charge in [-0.1, -0.05) is 25.0 Å². The van der Waals surface area contributed by atoms with E-state index >= 15 is 0 Å². The zero-order valence-corrected chi connectivity index (χ0v) is 16.6. The summed E-state index contributed by atoms with van der Waals surface area (Å²) >= 11 is 0. The molecule has 0 unspecified atom stereocenters. The molecular weight excluding hydrogens is 368 g/mol. The van der Waals surface area contributed by atoms with E-state index in [4.69, 9.17) is 4.74 Å². The Bertz CT molecular complexity index is 867. The Labute approximate surface area is 170 Å². The number of hydrogen-bond acceptors (Lipinski definition) is 4. The number of nitrogens with one attached hydrogen (secondary N) is 2. The zero-order chi connectivity index (χ0) is 20.3. The van der Waals surface area contributed by atoms with Crippen LogP contribution < -0.4 is 10.6 Å². The van der Waals surface area contributed by atoms with Gasteiger partial charge in [-0.05, 0) is 31.4 Å². The van der Waals surface area contributed by atoms with Crippen molar-refractivity contribution in [3.63, 3.8) is 0 Å². The van der Waals surface area contributed by atoms with Gasteiger partial charge < -0.3 is 19.8 Å². The van der Waals surface area contributed by atoms with Crippen LogP contribution in [0.2, 0.25) is 0 Å². The molecule has 2 aliphatic rings. The van der Waals surface area contributed by atoms with Crippen molar-refractivity contribution in [2.45, 2.75) is 50.2 Å². The number of nitrogens with zero attached hydrogens (tertiary/aromatic N) is 2. The number of imidazole rings is 1. The van der Waals surface area contributed by atoms with Crippen molar-refractivity contribution in [2.75, 3.05) is 13.2 Å². The number of fused-ring (bicyclic) bond motifs is 1. The maximum absolute atomic E-state index is 12.8. The van der Waals surface area contributed by atoms with Crippen LogP contribution in [0, 0.1) is 5.92 Å². The third kappa shape index (κ3) is 4.34. The highest BCUT2D eigenvalue weighted by Gasteiger charge is 2.40. The van der Waals surface area contributed by atoms with Crippen LogP contribution in [0.5, 0.6) is 0 Å². The molecule has 154 valence electrons. The lowest BCUT2D eigenvalue weighted by Gasteiger charge is -2.32. The van der Waals surface area contributed by atoms with Crippen LogP contribution in [0.1, 0.15) is 37.8 Å². The van der Waals surface area contributed by atoms with Gasteiger partial charge in [0.2, 0.25) is 11.8 Å². The van der Waals surface area contributed by atoms with Crippen molar-refractivity contribution < 1.29 is 14.3 Å². The summed E-state index contributed by atoms with van der Waals surface area (Å²) in [6, 6.07) is 5.76. The van der Waals surface area contributed by atoms with Crippen LogP contribution in [0.25, 0.3) is 5.65 Å². The highest BCUT2D eigenvalue weighted by atomic mass is 16.5. The first kappa shape index (κ1) is 19.6. The minimum Gasteiger partial charge on any atom is -0.373 e. The molecule has 1 saturated heterocycles. The Hall–Kier alpha value is -2.67. The first-order chi connectivity index (χ1) is 14.1. The molecule has 2 aromatic heterocycles. The number of amides is 2. The third-order valence-electron chi connectivity index (χ3n) is 6.03. The number of carbonyl (C=O) groups excluding carboxylic acids is 2. The van der Waals surface area contributed by atoms with E-state index in [9.17, 15) is 9.59 Å². The number of ether oxygens (including phenoxy) is 1. The lowest BCUT2D eigenvalue weighted by molar-refractivity contribution is -0.128. The predicted molar refractivity (Wildman–Crippen MR) is 109 cm³/mol. The van der Waals surface area contributed by atoms with E-state index in [1.807, 2.05) is 35.0 Å². The lowest BCUT2D eigenvalue weighted by Crippen LogP contribution is -2.56. The first-order valence-corrected chi connectivity index (χ1v) is 10.3. The van der Waals surface area contributed by atoms with E-state index in [-0.39, 0.29) is 35.8 Å². The minimum absolute atomic E-state index is 0.00361. The van der Waals surface area contributed by atoms with E-state index in [0.29, 0.717) is 19.6 Å². The fourth-order valence-corrected chi connectivity index (χ4v) is 4.44. The van der Waals surface area contributed by atoms with Crippen LogP contribution in [0.3, 0.4) is 0 Å². The summed E-state index contributed by atoms with van der Waals surface area (Å²) in [5.41, 5.74) is 1.18. The van der Waals surface area contributed by atoms with Crippen LogP contribution in [0.15, 0.2) is 43.2 Å². The van der Waals surface area contributed by atoms with Crippen LogP contribution in [0.4, 0.5) is 0 Å². The molecule has 2 fully saturated rings. The van der Waals surface area contributed by atoms with E-state index < -0.39 is 0 Å². The standard InChI is InChI=1S/C22H28N4O3/c1-2-18-17(8-12-29-18)21(28)25-22(9-4-5-10-22)15-23-20(27)13-16-14-26-11-6-3-7-19(26)24-16/h2-3,6-7,11,14,17-18H,1,4-5,8-10,12-13,15H2,(H,23,27)(H,25,28)/t17-,18+/m1/s1. The van der Waals surface area contributed by atoms with Crippen LogP contribution in [-0.2, 0) is 20.7 Å². The lowest BCUT2D eigenvalue weighted by atomic mass is 9.93. The Morgan fingerprint density at radius 2 is 2.17 bits per heavy atom. The number of hydrogen-bond donors (Lipinski definition) is 2. The molecule has 3 heterocycles. The Morgan fingerprint density at radius 3 is 2.93 bits per heavy atom. The molecule has 7 nitrogen and oxygen atoms in total. The largest absolute Gasteiger partial charge is 0.373 e. The SMILES string of the molecule is C=C[C@@H]1OCC[C@H]1C(=O)NC1(CNC(=O)Cc2cn3ccccc3n2)CCCC1. The average molecular weight is 396 g/mol. The van der Waals surface area contributed by atoms with Crippen molar-refractivity contribution in [1.82, 2.24) is 20.0 Å². The number of rotatable bonds is 7. The highest BCUT2D eigenvalue weighted by Crippen LogP contribution is 2.31. The molecule has 7 heteroatoms. The molecule has 1 aliphatic heterocycles. The minimum atomic E-state index is -0.375. The molecule has 1 saturated carbocycles. The van der Waals surface area contributed by atoms with Gasteiger partial charge in [-0.2, -0.15) is 0 Å². The van der Waals surface area contributed by atoms with Crippen molar-refractivity contribution in [3.05, 3.63) is 48.9 Å². The fraction of sp³-hybridized carbons (Fsp3) is 0.500. The second kappa shape index (κ2) is 8.37. The molecule has 4 rings (SSSR count). The summed E-state index contributed by atoms with van der Waals surface area (Å²) in [5, 5.41) is 6.26. The zero-order valence-electron chi connectivity index (χ0n) is 16.6. The second-order valence-corrected chi connectivity index (χ2v) is 8.09. The van der Waals surface area contributed by atoms with E-state index in [1.165, 1.54) is 0 Å². The quantitative estimate of drug-likeness (QED) is 0.701. The van der Waals surface area contributed by atoms with Gasteiger partial charge in [-0.25, -0.2) is 4.98 Å². The maximum Gasteiger partial charge on any atom is 0.226 e. The van der Waals surface area contributed by atoms with Crippen molar-refractivity contribution in [2.24, 2.45) is 5.92 Å². The number of aromatic nitrogens is 2. The highest BCUT2D eigenvalue weighted by molar-refractivity contribution is 5.81. The van der Waals surface area contributed by atoms with Crippen molar-refractivity contribution in [3.8, 4) is 0 Å². The van der Waals surface area contributed by atoms with Gasteiger partial charge in [0.15, 0.2) is 0 Å². The molecule has 1 aliphatic carbocycles. The molecule has 0 aromatic carbocycles. The van der Waals surface area contributed by atoms with Gasteiger partial charge in [0, 0.05) is 25.5 Å². The molecule has 2 amide bonds. The molecule has 0 spiro atoms. The van der Waals surface area contributed by atoms with Gasteiger partial charge in [0.05, 0.1) is 29.7 Å². The summed E-state index contributed by atoms with van der Waals surface area (Å²) in [6.07, 6.45) is 10.0. The summed E-state index contributed by atoms with van der Waals surface area (Å²) in [5.74, 6) is -0.273. The Morgan fingerprint density at radius 1 is 1.34 bits per heavy atom. The van der Waals surface area contributed by atoms with Crippen LogP contribution >= 0.6 is 0 Å². The van der Waals surface area contributed by atoms with E-state index in [2.05, 4.69) is 22.2 Å². The average Bonchev–Trinajstić information content (AvgIpc) is 3.45. The third-order valence-corrected chi connectivity index (χ3v) is 6.03. The molecule has 0 radical (unpaired) electrons. The summed E-state index contributed by atoms with van der Waals surface area (Å²) in [4.78, 5) is 29.8. The maximum atomic E-state index is 12.8. The van der Waals surface area contributed by atoms with Crippen LogP contribution in [-0.4, -0.2) is 46.0 Å². The van der Waals surface area contributed by atoms with Gasteiger partial charge >= 0.3 is 0 Å². The normalized spacial score (nSPS) is 23.2. The molecule has 2 atom stereocenters. The predicted octanol–water partition coefficient (Wildman–Crippen LogP) is 2.01. The van der Waals surface area contributed by atoms with E-state index in [0.717, 1.165) is 37.0 Å². The van der Waals surface area contributed by atoms with Crippen molar-refractivity contribution >= 4 is 17.5 Å². The fourth-order valence-electron chi connectivity index (χ4n) is 4.44. The van der Waals surface area contributed by atoms with Crippen molar-refractivity contribution in [1.29, 1.82) is 0 Å². The van der Waals surface area contributed by atoms with Gasteiger partial charge in [-0.15, -0.1) is 6.58 Å².